The van der Waals surface area contributed by atoms with Crippen LogP contribution < -0.4 is 0 Å². The SMILES string of the molecule is COC(=O)C1=C(O)CC2=C(C(=O)OC2)C1c1ccccc1C(F)(F)F. The maximum Gasteiger partial charge on any atom is 0.416 e. The highest BCUT2D eigenvalue weighted by Crippen LogP contribution is 2.47. The first-order valence-corrected chi connectivity index (χ1v) is 7.31. The van der Waals surface area contributed by atoms with E-state index in [4.69, 9.17) is 4.74 Å². The molecule has 8 heteroatoms. The molecule has 1 aromatic carbocycles. The monoisotopic (exact) mass is 354 g/mol. The van der Waals surface area contributed by atoms with Crippen molar-refractivity contribution in [1.82, 2.24) is 0 Å². The molecule has 0 radical (unpaired) electrons. The average Bonchev–Trinajstić information content (AvgIpc) is 2.93. The summed E-state index contributed by atoms with van der Waals surface area (Å²) < 4.78 is 49.8. The third kappa shape index (κ3) is 2.77. The summed E-state index contributed by atoms with van der Waals surface area (Å²) in [5.74, 6) is -3.62. The molecule has 1 heterocycles. The Hall–Kier alpha value is -2.77. The molecule has 0 fully saturated rings. The highest BCUT2D eigenvalue weighted by atomic mass is 19.4. The molecule has 0 saturated carbocycles. The molecule has 2 aliphatic rings. The van der Waals surface area contributed by atoms with Gasteiger partial charge in [-0.05, 0) is 17.2 Å². The lowest BCUT2D eigenvalue weighted by Crippen LogP contribution is -2.25. The van der Waals surface area contributed by atoms with Crippen LogP contribution in [-0.4, -0.2) is 30.8 Å². The topological polar surface area (TPSA) is 72.8 Å². The van der Waals surface area contributed by atoms with Crippen LogP contribution in [0.2, 0.25) is 0 Å². The van der Waals surface area contributed by atoms with Gasteiger partial charge in [-0.1, -0.05) is 18.2 Å². The first-order valence-electron chi connectivity index (χ1n) is 7.31. The number of methoxy groups -OCH3 is 1. The van der Waals surface area contributed by atoms with Crippen molar-refractivity contribution in [3.8, 4) is 0 Å². The number of carbonyl (C=O) groups is 2. The van der Waals surface area contributed by atoms with Gasteiger partial charge in [0.25, 0.3) is 0 Å². The number of aliphatic hydroxyl groups excluding tert-OH is 1. The standard InChI is InChI=1S/C17H13F3O5/c1-24-15(22)14-11(21)6-8-7-25-16(23)12(8)13(14)9-4-2-3-5-10(9)17(18,19)20/h2-5,13,21H,6-7H2,1H3. The molecule has 1 aliphatic heterocycles. The van der Waals surface area contributed by atoms with Gasteiger partial charge in [0.05, 0.1) is 29.7 Å². The van der Waals surface area contributed by atoms with Gasteiger partial charge in [0.1, 0.15) is 12.4 Å². The number of hydrogen-bond donors (Lipinski definition) is 1. The van der Waals surface area contributed by atoms with Gasteiger partial charge in [-0.2, -0.15) is 13.2 Å². The zero-order chi connectivity index (χ0) is 18.4. The van der Waals surface area contributed by atoms with Gasteiger partial charge >= 0.3 is 18.1 Å². The number of alkyl halides is 3. The van der Waals surface area contributed by atoms with Gasteiger partial charge in [-0.15, -0.1) is 0 Å². The van der Waals surface area contributed by atoms with Crippen LogP contribution in [0.15, 0.2) is 46.7 Å². The van der Waals surface area contributed by atoms with Crippen molar-refractivity contribution >= 4 is 11.9 Å². The average molecular weight is 354 g/mol. The van der Waals surface area contributed by atoms with Crippen molar-refractivity contribution in [2.24, 2.45) is 0 Å². The number of ether oxygens (including phenoxy) is 2. The Balaban J connectivity index is 2.27. The summed E-state index contributed by atoms with van der Waals surface area (Å²) in [6.45, 7) is -0.128. The molecular weight excluding hydrogens is 341 g/mol. The van der Waals surface area contributed by atoms with E-state index in [-0.39, 0.29) is 29.7 Å². The molecule has 1 aromatic rings. The minimum atomic E-state index is -4.70. The largest absolute Gasteiger partial charge is 0.511 e. The Labute approximate surface area is 140 Å². The van der Waals surface area contributed by atoms with E-state index >= 15 is 0 Å². The van der Waals surface area contributed by atoms with Crippen molar-refractivity contribution in [1.29, 1.82) is 0 Å². The van der Waals surface area contributed by atoms with Gasteiger partial charge in [0.15, 0.2) is 0 Å². The van der Waals surface area contributed by atoms with E-state index in [1.807, 2.05) is 0 Å². The molecule has 0 spiro atoms. The Kier molecular flexibility index (Phi) is 4.06. The van der Waals surface area contributed by atoms with Gasteiger partial charge in [-0.25, -0.2) is 9.59 Å². The number of halogens is 3. The minimum absolute atomic E-state index is 0.0464. The summed E-state index contributed by atoms with van der Waals surface area (Å²) in [6, 6.07) is 4.60. The van der Waals surface area contributed by atoms with Crippen LogP contribution in [-0.2, 0) is 25.2 Å². The van der Waals surface area contributed by atoms with Gasteiger partial charge in [0, 0.05) is 6.42 Å². The molecule has 0 amide bonds. The fraction of sp³-hybridized carbons (Fsp3) is 0.294. The molecule has 1 atom stereocenters. The predicted octanol–water partition coefficient (Wildman–Crippen LogP) is 3.03. The van der Waals surface area contributed by atoms with Crippen LogP contribution in [0.4, 0.5) is 13.2 Å². The van der Waals surface area contributed by atoms with E-state index < -0.39 is 35.4 Å². The van der Waals surface area contributed by atoms with E-state index in [1.165, 1.54) is 18.2 Å². The Morgan fingerprint density at radius 2 is 2.00 bits per heavy atom. The van der Waals surface area contributed by atoms with Crippen LogP contribution in [0.25, 0.3) is 0 Å². The summed E-state index contributed by atoms with van der Waals surface area (Å²) >= 11 is 0. The van der Waals surface area contributed by atoms with Crippen LogP contribution >= 0.6 is 0 Å². The predicted molar refractivity (Wildman–Crippen MR) is 78.5 cm³/mol. The normalized spacial score (nSPS) is 20.5. The van der Waals surface area contributed by atoms with Crippen LogP contribution in [0.1, 0.15) is 23.5 Å². The van der Waals surface area contributed by atoms with Crippen LogP contribution in [0, 0.1) is 0 Å². The molecule has 1 aliphatic carbocycles. The molecule has 132 valence electrons. The van der Waals surface area contributed by atoms with Gasteiger partial charge in [0.2, 0.25) is 0 Å². The number of esters is 2. The summed E-state index contributed by atoms with van der Waals surface area (Å²) in [5.41, 5.74) is -1.38. The second kappa shape index (κ2) is 5.94. The number of hydrogen-bond acceptors (Lipinski definition) is 5. The van der Waals surface area contributed by atoms with Crippen molar-refractivity contribution in [3.05, 3.63) is 57.9 Å². The second-order valence-corrected chi connectivity index (χ2v) is 5.64. The molecule has 1 N–H and O–H groups in total. The van der Waals surface area contributed by atoms with E-state index in [2.05, 4.69) is 4.74 Å². The lowest BCUT2D eigenvalue weighted by Gasteiger charge is -2.27. The van der Waals surface area contributed by atoms with Crippen molar-refractivity contribution in [2.75, 3.05) is 13.7 Å². The number of cyclic esters (lactones) is 1. The van der Waals surface area contributed by atoms with E-state index in [0.717, 1.165) is 13.2 Å². The molecule has 0 bridgehead atoms. The Morgan fingerprint density at radius 3 is 2.64 bits per heavy atom. The van der Waals surface area contributed by atoms with Crippen molar-refractivity contribution in [3.63, 3.8) is 0 Å². The van der Waals surface area contributed by atoms with Gasteiger partial charge in [-0.3, -0.25) is 0 Å². The smallest absolute Gasteiger partial charge is 0.416 e. The number of rotatable bonds is 2. The van der Waals surface area contributed by atoms with E-state index in [9.17, 15) is 27.9 Å². The molecule has 3 rings (SSSR count). The third-order valence-corrected chi connectivity index (χ3v) is 4.23. The second-order valence-electron chi connectivity index (χ2n) is 5.64. The minimum Gasteiger partial charge on any atom is -0.511 e. The molecule has 0 saturated heterocycles. The number of allylic oxidation sites excluding steroid dienone is 1. The van der Waals surface area contributed by atoms with E-state index in [0.29, 0.717) is 5.57 Å². The fourth-order valence-corrected chi connectivity index (χ4v) is 3.19. The first kappa shape index (κ1) is 17.1. The highest BCUT2D eigenvalue weighted by molar-refractivity contribution is 6.01. The molecule has 1 unspecified atom stereocenters. The summed E-state index contributed by atoms with van der Waals surface area (Å²) in [4.78, 5) is 24.2. The lowest BCUT2D eigenvalue weighted by atomic mass is 9.76. The summed E-state index contributed by atoms with van der Waals surface area (Å²) in [7, 11) is 1.05. The highest BCUT2D eigenvalue weighted by Gasteiger charge is 2.46. The summed E-state index contributed by atoms with van der Waals surface area (Å²) in [6.07, 6.45) is -4.84. The number of carbonyl (C=O) groups excluding carboxylic acids is 2. The molecule has 25 heavy (non-hydrogen) atoms. The first-order chi connectivity index (χ1) is 11.8. The lowest BCUT2D eigenvalue weighted by molar-refractivity contribution is -0.140. The number of benzene rings is 1. The van der Waals surface area contributed by atoms with Gasteiger partial charge < -0.3 is 14.6 Å². The maximum absolute atomic E-state index is 13.4. The van der Waals surface area contributed by atoms with Crippen molar-refractivity contribution in [2.45, 2.75) is 18.5 Å². The molecular formula is C17H13F3O5. The molecule has 0 aromatic heterocycles. The summed E-state index contributed by atoms with van der Waals surface area (Å²) in [5, 5.41) is 10.2. The maximum atomic E-state index is 13.4. The molecule has 5 nitrogen and oxygen atoms in total. The van der Waals surface area contributed by atoms with Crippen LogP contribution in [0.3, 0.4) is 0 Å². The third-order valence-electron chi connectivity index (χ3n) is 4.23. The quantitative estimate of drug-likeness (QED) is 0.827. The van der Waals surface area contributed by atoms with Crippen molar-refractivity contribution < 1.29 is 37.3 Å². The number of aliphatic hydroxyl groups is 1. The van der Waals surface area contributed by atoms with E-state index in [1.54, 1.807) is 0 Å². The van der Waals surface area contributed by atoms with Crippen LogP contribution in [0.5, 0.6) is 0 Å². The zero-order valence-corrected chi connectivity index (χ0v) is 13.0. The fourth-order valence-electron chi connectivity index (χ4n) is 3.19. The Bertz CT molecular complexity index is 820. The Morgan fingerprint density at radius 1 is 1.32 bits per heavy atom. The zero-order valence-electron chi connectivity index (χ0n) is 13.0.